The number of methoxy groups -OCH3 is 2. The summed E-state index contributed by atoms with van der Waals surface area (Å²) in [6.45, 7) is 6.78. The molecule has 4 fully saturated rings. The summed E-state index contributed by atoms with van der Waals surface area (Å²) in [5.74, 6) is -2.59. The van der Waals surface area contributed by atoms with Crippen LogP contribution in [-0.2, 0) is 50.3 Å². The van der Waals surface area contributed by atoms with E-state index in [1.165, 1.54) is 38.5 Å². The van der Waals surface area contributed by atoms with Crippen LogP contribution < -0.4 is 5.48 Å². The molecule has 4 aliphatic carbocycles. The molecule has 17 heteroatoms. The molecular weight excluding hydrogens is 1170 g/mol. The number of hydroxylamine groups is 1. The summed E-state index contributed by atoms with van der Waals surface area (Å²) in [6, 6.07) is 31.0. The van der Waals surface area contributed by atoms with E-state index in [9.17, 15) is 47.1 Å². The summed E-state index contributed by atoms with van der Waals surface area (Å²) < 4.78 is 65.6. The van der Waals surface area contributed by atoms with Crippen molar-refractivity contribution in [2.75, 3.05) is 14.2 Å². The number of alkyl halides is 1. The van der Waals surface area contributed by atoms with Gasteiger partial charge >= 0.3 is 17.9 Å². The van der Waals surface area contributed by atoms with E-state index in [1.807, 2.05) is 54.7 Å². The number of carboxylic acids is 1. The summed E-state index contributed by atoms with van der Waals surface area (Å²) in [4.78, 5) is 62.0. The molecule has 3 heterocycles. The van der Waals surface area contributed by atoms with Crippen LogP contribution in [0.2, 0.25) is 0 Å². The van der Waals surface area contributed by atoms with Crippen molar-refractivity contribution in [2.24, 2.45) is 0 Å². The molecule has 12 nitrogen and oxygen atoms in total. The molecule has 8 unspecified atom stereocenters. The molecule has 1 amide bonds. The molecule has 452 valence electrons. The summed E-state index contributed by atoms with van der Waals surface area (Å²) in [7, 11) is 2.79. The minimum absolute atomic E-state index is 0.146. The molecule has 0 radical (unpaired) electrons. The minimum atomic E-state index is -1.01. The number of carboxylic acid groups (broad SMARTS) is 1. The first-order valence-electron chi connectivity index (χ1n) is 28.9. The third-order valence-corrected chi connectivity index (χ3v) is 19.5. The Hall–Kier alpha value is -7.63. The van der Waals surface area contributed by atoms with Gasteiger partial charge in [0.2, 0.25) is 0 Å². The van der Waals surface area contributed by atoms with Crippen molar-refractivity contribution in [2.45, 2.75) is 149 Å². The number of nitrogens with zero attached hydrogens (tertiary/aromatic N) is 3. The minimum Gasteiger partial charge on any atom is -0.481 e. The third-order valence-electron chi connectivity index (χ3n) is 18.7. The molecular formula is C69H73BrF4N4O8. The Morgan fingerprint density at radius 1 is 0.477 bits per heavy atom. The van der Waals surface area contributed by atoms with E-state index >= 15 is 0 Å². The van der Waals surface area contributed by atoms with Crippen molar-refractivity contribution in [1.82, 2.24) is 20.4 Å². The average Bonchev–Trinajstić information content (AvgIpc) is 1.88. The van der Waals surface area contributed by atoms with Gasteiger partial charge in [0.25, 0.3) is 5.91 Å². The van der Waals surface area contributed by atoms with Gasteiger partial charge in [0.15, 0.2) is 0 Å². The van der Waals surface area contributed by atoms with E-state index in [2.05, 4.69) is 30.9 Å². The molecule has 7 aromatic rings. The summed E-state index contributed by atoms with van der Waals surface area (Å²) in [6.07, 6.45) is 18.6. The Labute approximate surface area is 508 Å². The zero-order valence-electron chi connectivity index (χ0n) is 49.2. The fourth-order valence-corrected chi connectivity index (χ4v) is 14.8. The number of amides is 1. The number of aliphatic carboxylic acids is 1. The van der Waals surface area contributed by atoms with Crippen molar-refractivity contribution in [1.29, 1.82) is 0 Å². The quantitative estimate of drug-likeness (QED) is 0.0369. The van der Waals surface area contributed by atoms with Crippen molar-refractivity contribution < 1.29 is 56.5 Å². The van der Waals surface area contributed by atoms with Crippen molar-refractivity contribution in [3.8, 4) is 0 Å². The molecule has 0 bridgehead atoms. The van der Waals surface area contributed by atoms with Crippen LogP contribution in [0.5, 0.6) is 0 Å². The lowest BCUT2D eigenvalue weighted by Gasteiger charge is -2.29. The van der Waals surface area contributed by atoms with E-state index in [-0.39, 0.29) is 57.8 Å². The summed E-state index contributed by atoms with van der Waals surface area (Å²) in [5, 5.41) is 19.1. The number of esters is 2. The van der Waals surface area contributed by atoms with Crippen molar-refractivity contribution >= 4 is 39.7 Å². The maximum Gasteiger partial charge on any atom is 0.316 e. The van der Waals surface area contributed by atoms with Gasteiger partial charge in [-0.3, -0.25) is 39.3 Å². The molecule has 0 spiro atoms. The van der Waals surface area contributed by atoms with Crippen LogP contribution in [-0.4, -0.2) is 68.1 Å². The Morgan fingerprint density at radius 2 is 0.791 bits per heavy atom. The molecule has 0 aliphatic heterocycles. The second kappa shape index (κ2) is 27.8. The first-order valence-corrected chi connectivity index (χ1v) is 29.8. The van der Waals surface area contributed by atoms with E-state index < -0.39 is 33.5 Å². The van der Waals surface area contributed by atoms with Crippen molar-refractivity contribution in [3.05, 3.63) is 231 Å². The maximum absolute atomic E-state index is 14.0. The number of hydrogen-bond donors (Lipinski definition) is 3. The SMILES string of the molecule is COC(=O)C1(c2cccc(F)c2C)CCC(Br)C1.COC(=O)C1(c2cccc(F)c2C)CCC(c2cccnc2)C1.Cc1c(F)cccc1C1(C(=O)NO)CCC(c2cccnc2)C1.Cc1c(F)cccc1C1(C(=O)O)CCC(c2cccnc2)C1. The smallest absolute Gasteiger partial charge is 0.316 e. The lowest BCUT2D eigenvalue weighted by molar-refractivity contribution is -0.148. The van der Waals surface area contributed by atoms with Crippen LogP contribution in [0.4, 0.5) is 17.6 Å². The van der Waals surface area contributed by atoms with E-state index in [0.29, 0.717) is 84.7 Å². The monoisotopic (exact) mass is 1240 g/mol. The second-order valence-electron chi connectivity index (χ2n) is 23.2. The zero-order chi connectivity index (χ0) is 62.0. The highest BCUT2D eigenvalue weighted by atomic mass is 79.9. The number of benzene rings is 4. The summed E-state index contributed by atoms with van der Waals surface area (Å²) >= 11 is 3.55. The van der Waals surface area contributed by atoms with E-state index in [0.717, 1.165) is 53.5 Å². The van der Waals surface area contributed by atoms with E-state index in [1.54, 1.807) is 101 Å². The number of nitrogens with one attached hydrogen (secondary N) is 1. The summed E-state index contributed by atoms with van der Waals surface area (Å²) in [5.41, 5.74) is 6.37. The number of carbonyl (C=O) groups excluding carboxylic acids is 3. The van der Waals surface area contributed by atoms with Crippen LogP contribution in [0.15, 0.2) is 146 Å². The first-order chi connectivity index (χ1) is 41.2. The van der Waals surface area contributed by atoms with Crippen LogP contribution in [0, 0.1) is 51.0 Å². The predicted octanol–water partition coefficient (Wildman–Crippen LogP) is 14.5. The Kier molecular flexibility index (Phi) is 20.8. The highest BCUT2D eigenvalue weighted by molar-refractivity contribution is 9.09. The van der Waals surface area contributed by atoms with Crippen LogP contribution >= 0.6 is 15.9 Å². The van der Waals surface area contributed by atoms with Gasteiger partial charge in [0.1, 0.15) is 23.3 Å². The van der Waals surface area contributed by atoms with Crippen LogP contribution in [0.1, 0.15) is 156 Å². The Morgan fingerprint density at radius 3 is 1.12 bits per heavy atom. The van der Waals surface area contributed by atoms with Gasteiger partial charge < -0.3 is 14.6 Å². The Bertz CT molecular complexity index is 3410. The molecule has 3 aromatic heterocycles. The van der Waals surface area contributed by atoms with Gasteiger partial charge in [-0.2, -0.15) is 0 Å². The van der Waals surface area contributed by atoms with Gasteiger partial charge in [-0.1, -0.05) is 82.7 Å². The number of carbonyl (C=O) groups is 4. The maximum atomic E-state index is 14.0. The predicted molar refractivity (Wildman–Crippen MR) is 322 cm³/mol. The average molecular weight is 1240 g/mol. The van der Waals surface area contributed by atoms with Gasteiger partial charge in [0, 0.05) is 42.0 Å². The van der Waals surface area contributed by atoms with E-state index in [4.69, 9.17) is 9.47 Å². The van der Waals surface area contributed by atoms with Crippen LogP contribution in [0.3, 0.4) is 0 Å². The van der Waals surface area contributed by atoms with Crippen molar-refractivity contribution in [3.63, 3.8) is 0 Å². The molecule has 8 atom stereocenters. The number of rotatable bonds is 11. The molecule has 11 rings (SSSR count). The van der Waals surface area contributed by atoms with Gasteiger partial charge in [-0.15, -0.1) is 0 Å². The lowest BCUT2D eigenvalue weighted by Crippen LogP contribution is -2.42. The Balaban J connectivity index is 0.000000150. The van der Waals surface area contributed by atoms with Gasteiger partial charge in [-0.25, -0.2) is 23.0 Å². The lowest BCUT2D eigenvalue weighted by atomic mass is 9.75. The number of pyridine rings is 3. The molecule has 0 saturated heterocycles. The molecule has 4 saturated carbocycles. The second-order valence-corrected chi connectivity index (χ2v) is 24.5. The van der Waals surface area contributed by atoms with Crippen LogP contribution in [0.25, 0.3) is 0 Å². The highest BCUT2D eigenvalue weighted by Gasteiger charge is 2.52. The molecule has 86 heavy (non-hydrogen) atoms. The normalized spacial score (nSPS) is 24.6. The fourth-order valence-electron chi connectivity index (χ4n) is 14.0. The number of halogens is 5. The topological polar surface area (TPSA) is 178 Å². The zero-order valence-corrected chi connectivity index (χ0v) is 50.8. The number of hydrogen-bond acceptors (Lipinski definition) is 10. The molecule has 4 aliphatic rings. The van der Waals surface area contributed by atoms with Gasteiger partial charge in [-0.05, 0) is 226 Å². The number of ether oxygens (including phenoxy) is 2. The fraction of sp³-hybridized carbons (Fsp3) is 0.377. The number of aromatic nitrogens is 3. The first kappa shape index (κ1) is 64.4. The standard InChI is InChI=1S/C19H20FNO2.C18H19FN2O2.C18H18FNO2.C14H16BrFO2/c1-13-16(6-3-7-17(13)20)19(18(22)23-2)9-8-14(11-19)15-5-4-10-21-12-15;1-12-15(5-2-6-16(12)19)18(17(22)21-23)8-7-13(10-18)14-4-3-9-20-11-14;1-12-15(5-2-6-16(12)19)18(17(21)22)8-7-13(10-18)14-4-3-9-20-11-14;1-9-11(4-3-5-12(9)16)14(13(17)18-2)7-6-10(15)8-14/h3-7,10,12,14H,8-9,11H2,1-2H3;2-6,9,11,13,23H,7-8,10H2,1H3,(H,21,22);2-6,9,11,13H,7-8,10H2,1H3,(H,21,22);3-5,10H,6-8H2,1-2H3. The molecule has 3 N–H and O–H groups in total. The largest absolute Gasteiger partial charge is 0.481 e. The molecule has 4 aromatic carbocycles. The highest BCUT2D eigenvalue weighted by Crippen LogP contribution is 2.53. The van der Waals surface area contributed by atoms with Gasteiger partial charge in [0.05, 0.1) is 35.9 Å². The third kappa shape index (κ3) is 13.0.